The standard InChI is InChI=1S/C12H22O4/c1-9(10(13)14)7-8-12(5,6)16-15-11(2,3)4/h1,7-8H2,2-6H3,(H,13,14). The Morgan fingerprint density at radius 1 is 1.19 bits per heavy atom. The molecule has 0 aliphatic carbocycles. The molecule has 0 aliphatic rings. The molecule has 0 saturated heterocycles. The molecule has 4 nitrogen and oxygen atoms in total. The van der Waals surface area contributed by atoms with Crippen molar-refractivity contribution in [2.75, 3.05) is 0 Å². The van der Waals surface area contributed by atoms with E-state index in [0.29, 0.717) is 12.8 Å². The molecule has 0 spiro atoms. The van der Waals surface area contributed by atoms with Gasteiger partial charge in [-0.25, -0.2) is 14.6 Å². The molecule has 0 unspecified atom stereocenters. The lowest BCUT2D eigenvalue weighted by Gasteiger charge is -2.28. The molecule has 1 N–H and O–H groups in total. The molecule has 0 aromatic carbocycles. The molecule has 0 rings (SSSR count). The summed E-state index contributed by atoms with van der Waals surface area (Å²) in [6.07, 6.45) is 0.935. The van der Waals surface area contributed by atoms with Gasteiger partial charge in [0.1, 0.15) is 0 Å². The van der Waals surface area contributed by atoms with Crippen molar-refractivity contribution in [2.24, 2.45) is 0 Å². The monoisotopic (exact) mass is 230 g/mol. The molecule has 4 heteroatoms. The lowest BCUT2D eigenvalue weighted by Crippen LogP contribution is -2.30. The van der Waals surface area contributed by atoms with Crippen LogP contribution in [0.2, 0.25) is 0 Å². The van der Waals surface area contributed by atoms with E-state index in [9.17, 15) is 4.79 Å². The van der Waals surface area contributed by atoms with E-state index >= 15 is 0 Å². The molecule has 0 aromatic rings. The van der Waals surface area contributed by atoms with Crippen LogP contribution in [0.5, 0.6) is 0 Å². The summed E-state index contributed by atoms with van der Waals surface area (Å²) in [5, 5.41) is 8.67. The Balaban J connectivity index is 4.05. The van der Waals surface area contributed by atoms with Gasteiger partial charge in [0.05, 0.1) is 11.2 Å². The van der Waals surface area contributed by atoms with Crippen LogP contribution in [0, 0.1) is 0 Å². The Labute approximate surface area is 97.2 Å². The number of rotatable bonds is 6. The Morgan fingerprint density at radius 3 is 2.06 bits per heavy atom. The molecular formula is C12H22O4. The van der Waals surface area contributed by atoms with Crippen LogP contribution in [0.25, 0.3) is 0 Å². The average Bonchev–Trinajstić information content (AvgIpc) is 2.10. The molecule has 0 bridgehead atoms. The van der Waals surface area contributed by atoms with Gasteiger partial charge in [0.2, 0.25) is 0 Å². The van der Waals surface area contributed by atoms with E-state index in [1.807, 2.05) is 34.6 Å². The minimum Gasteiger partial charge on any atom is -0.478 e. The van der Waals surface area contributed by atoms with Crippen molar-refractivity contribution in [2.45, 2.75) is 58.7 Å². The molecule has 0 amide bonds. The minimum atomic E-state index is -0.965. The molecular weight excluding hydrogens is 208 g/mol. The van der Waals surface area contributed by atoms with E-state index in [1.54, 1.807) is 0 Å². The third-order valence-electron chi connectivity index (χ3n) is 1.85. The van der Waals surface area contributed by atoms with E-state index in [4.69, 9.17) is 14.9 Å². The molecule has 0 radical (unpaired) electrons. The van der Waals surface area contributed by atoms with Crippen LogP contribution in [0.15, 0.2) is 12.2 Å². The summed E-state index contributed by atoms with van der Waals surface area (Å²) in [5.74, 6) is -0.965. The second kappa shape index (κ2) is 5.46. The highest BCUT2D eigenvalue weighted by molar-refractivity contribution is 5.85. The van der Waals surface area contributed by atoms with Gasteiger partial charge in [-0.15, -0.1) is 0 Å². The van der Waals surface area contributed by atoms with Gasteiger partial charge in [0.25, 0.3) is 0 Å². The smallest absolute Gasteiger partial charge is 0.330 e. The van der Waals surface area contributed by atoms with Gasteiger partial charge in [0.15, 0.2) is 0 Å². The van der Waals surface area contributed by atoms with Crippen molar-refractivity contribution in [1.82, 2.24) is 0 Å². The van der Waals surface area contributed by atoms with Crippen LogP contribution in [0.4, 0.5) is 0 Å². The number of aliphatic carboxylic acids is 1. The van der Waals surface area contributed by atoms with E-state index in [2.05, 4.69) is 6.58 Å². The molecule has 0 heterocycles. The number of hydrogen-bond acceptors (Lipinski definition) is 3. The van der Waals surface area contributed by atoms with Crippen molar-refractivity contribution >= 4 is 5.97 Å². The minimum absolute atomic E-state index is 0.187. The number of hydrogen-bond donors (Lipinski definition) is 1. The average molecular weight is 230 g/mol. The van der Waals surface area contributed by atoms with Gasteiger partial charge >= 0.3 is 5.97 Å². The van der Waals surface area contributed by atoms with Gasteiger partial charge < -0.3 is 5.11 Å². The van der Waals surface area contributed by atoms with Crippen LogP contribution in [-0.2, 0) is 14.6 Å². The molecule has 0 fully saturated rings. The van der Waals surface area contributed by atoms with Gasteiger partial charge in [-0.3, -0.25) is 0 Å². The lowest BCUT2D eigenvalue weighted by molar-refractivity contribution is -0.398. The van der Waals surface area contributed by atoms with Crippen molar-refractivity contribution in [3.8, 4) is 0 Å². The maximum atomic E-state index is 10.6. The first-order valence-corrected chi connectivity index (χ1v) is 5.31. The summed E-state index contributed by atoms with van der Waals surface area (Å²) < 4.78 is 0. The Hall–Kier alpha value is -0.870. The Morgan fingerprint density at radius 2 is 1.69 bits per heavy atom. The highest BCUT2D eigenvalue weighted by atomic mass is 17.2. The lowest BCUT2D eigenvalue weighted by atomic mass is 10.00. The predicted molar refractivity (Wildman–Crippen MR) is 62.0 cm³/mol. The summed E-state index contributed by atoms with van der Waals surface area (Å²) in [5.41, 5.74) is -0.709. The molecule has 16 heavy (non-hydrogen) atoms. The molecule has 0 saturated carbocycles. The van der Waals surface area contributed by atoms with E-state index < -0.39 is 11.6 Å². The second-order valence-electron chi connectivity index (χ2n) is 5.45. The van der Waals surface area contributed by atoms with E-state index in [-0.39, 0.29) is 11.2 Å². The Kier molecular flexibility index (Phi) is 5.16. The highest BCUT2D eigenvalue weighted by Gasteiger charge is 2.24. The van der Waals surface area contributed by atoms with E-state index in [1.165, 1.54) is 0 Å². The summed E-state index contributed by atoms with van der Waals surface area (Å²) in [6, 6.07) is 0. The molecule has 0 aromatic heterocycles. The first-order valence-electron chi connectivity index (χ1n) is 5.31. The Bertz CT molecular complexity index is 261. The zero-order chi connectivity index (χ0) is 13.0. The van der Waals surface area contributed by atoms with Crippen molar-refractivity contribution in [3.05, 3.63) is 12.2 Å². The fraction of sp³-hybridized carbons (Fsp3) is 0.750. The van der Waals surface area contributed by atoms with Crippen molar-refractivity contribution in [1.29, 1.82) is 0 Å². The molecule has 0 aliphatic heterocycles. The zero-order valence-corrected chi connectivity index (χ0v) is 10.8. The molecule has 94 valence electrons. The largest absolute Gasteiger partial charge is 0.478 e. The topological polar surface area (TPSA) is 55.8 Å². The van der Waals surface area contributed by atoms with Crippen molar-refractivity contribution in [3.63, 3.8) is 0 Å². The third kappa shape index (κ3) is 7.43. The van der Waals surface area contributed by atoms with Gasteiger partial charge in [-0.1, -0.05) is 6.58 Å². The van der Waals surface area contributed by atoms with Crippen LogP contribution < -0.4 is 0 Å². The summed E-state index contributed by atoms with van der Waals surface area (Å²) in [7, 11) is 0. The third-order valence-corrected chi connectivity index (χ3v) is 1.85. The van der Waals surface area contributed by atoms with Crippen molar-refractivity contribution < 1.29 is 19.7 Å². The second-order valence-corrected chi connectivity index (χ2v) is 5.45. The van der Waals surface area contributed by atoms with Crippen LogP contribution >= 0.6 is 0 Å². The fourth-order valence-corrected chi connectivity index (χ4v) is 0.838. The number of carboxylic acid groups (broad SMARTS) is 1. The number of carbonyl (C=O) groups is 1. The normalized spacial score (nSPS) is 12.6. The summed E-state index contributed by atoms with van der Waals surface area (Å²) in [4.78, 5) is 21.1. The number of carboxylic acids is 1. The maximum Gasteiger partial charge on any atom is 0.330 e. The SMILES string of the molecule is C=C(CCC(C)(C)OOC(C)(C)C)C(=O)O. The van der Waals surface area contributed by atoms with Gasteiger partial charge in [-0.2, -0.15) is 0 Å². The first-order chi connectivity index (χ1) is 7.03. The zero-order valence-electron chi connectivity index (χ0n) is 10.8. The quantitative estimate of drug-likeness (QED) is 0.433. The van der Waals surface area contributed by atoms with E-state index in [0.717, 1.165) is 0 Å². The van der Waals surface area contributed by atoms with Crippen LogP contribution in [0.3, 0.4) is 0 Å². The van der Waals surface area contributed by atoms with Gasteiger partial charge in [0, 0.05) is 5.57 Å². The first kappa shape index (κ1) is 15.1. The fourth-order valence-electron chi connectivity index (χ4n) is 0.838. The van der Waals surface area contributed by atoms with Crippen LogP contribution in [0.1, 0.15) is 47.5 Å². The van der Waals surface area contributed by atoms with Crippen LogP contribution in [-0.4, -0.2) is 22.3 Å². The molecule has 0 atom stereocenters. The maximum absolute atomic E-state index is 10.6. The van der Waals surface area contributed by atoms with Gasteiger partial charge in [-0.05, 0) is 47.5 Å². The highest BCUT2D eigenvalue weighted by Crippen LogP contribution is 2.22. The summed E-state index contributed by atoms with van der Waals surface area (Å²) in [6.45, 7) is 12.8. The predicted octanol–water partition coefficient (Wildman–Crippen LogP) is 2.93. The summed E-state index contributed by atoms with van der Waals surface area (Å²) >= 11 is 0.